The molecule has 1 fully saturated rings. The number of hydrogen-bond acceptors (Lipinski definition) is 5. The predicted octanol–water partition coefficient (Wildman–Crippen LogP) is 4.74. The summed E-state index contributed by atoms with van der Waals surface area (Å²) in [6, 6.07) is 19.8. The number of benzene rings is 2. The van der Waals surface area contributed by atoms with Crippen molar-refractivity contribution in [3.63, 3.8) is 0 Å². The van der Waals surface area contributed by atoms with E-state index < -0.39 is 18.0 Å². The molecule has 2 aromatic rings. The van der Waals surface area contributed by atoms with Gasteiger partial charge in [-0.3, -0.25) is 14.5 Å². The van der Waals surface area contributed by atoms with Crippen LogP contribution < -0.4 is 0 Å². The third kappa shape index (κ3) is 5.80. The molecule has 3 rings (SSSR count). The molecule has 1 aliphatic heterocycles. The Morgan fingerprint density at radius 3 is 2.43 bits per heavy atom. The highest BCUT2D eigenvalue weighted by atomic mass is 32.2. The second kappa shape index (κ2) is 10.5. The summed E-state index contributed by atoms with van der Waals surface area (Å²) < 4.78 is 6.06. The van der Waals surface area contributed by atoms with Crippen molar-refractivity contribution in [3.8, 4) is 0 Å². The van der Waals surface area contributed by atoms with Crippen LogP contribution in [0.5, 0.6) is 0 Å². The summed E-state index contributed by atoms with van der Waals surface area (Å²) in [4.78, 5) is 26.8. The molecular weight excluding hydrogens is 414 g/mol. The van der Waals surface area contributed by atoms with Crippen LogP contribution in [0.1, 0.15) is 25.0 Å². The van der Waals surface area contributed by atoms with Gasteiger partial charge in [0, 0.05) is 12.7 Å². The fraction of sp³-hybridized carbons (Fsp3) is 0.292. The zero-order valence-corrected chi connectivity index (χ0v) is 18.7. The Bertz CT molecular complexity index is 915. The number of thiocarbonyl (C=S) groups is 1. The Morgan fingerprint density at radius 1 is 1.17 bits per heavy atom. The minimum absolute atomic E-state index is 0.00377. The number of ether oxygens (including phenoxy) is 1. The maximum absolute atomic E-state index is 13.4. The van der Waals surface area contributed by atoms with Crippen molar-refractivity contribution in [1.82, 2.24) is 4.90 Å². The van der Waals surface area contributed by atoms with Crippen molar-refractivity contribution in [3.05, 3.63) is 77.9 Å². The van der Waals surface area contributed by atoms with Crippen LogP contribution in [0, 0.1) is 5.92 Å². The van der Waals surface area contributed by atoms with Crippen molar-refractivity contribution in [1.29, 1.82) is 0 Å². The average molecular weight is 440 g/mol. The van der Waals surface area contributed by atoms with Gasteiger partial charge in [0.05, 0.1) is 12.0 Å². The third-order valence-electron chi connectivity index (χ3n) is 4.97. The highest BCUT2D eigenvalue weighted by Crippen LogP contribution is 2.29. The smallest absolute Gasteiger partial charge is 0.303 e. The van der Waals surface area contributed by atoms with Crippen LogP contribution in [0.3, 0.4) is 0 Å². The summed E-state index contributed by atoms with van der Waals surface area (Å²) in [7, 11) is 0. The van der Waals surface area contributed by atoms with Gasteiger partial charge in [-0.05, 0) is 30.5 Å². The molecule has 0 spiro atoms. The first-order valence-corrected chi connectivity index (χ1v) is 11.3. The molecule has 2 aromatic carbocycles. The Morgan fingerprint density at radius 2 is 1.80 bits per heavy atom. The number of carbonyl (C=O) groups is 2. The second-order valence-corrected chi connectivity index (χ2v) is 8.92. The van der Waals surface area contributed by atoms with Gasteiger partial charge in [0.15, 0.2) is 0 Å². The summed E-state index contributed by atoms with van der Waals surface area (Å²) in [5.41, 5.74) is 2.14. The van der Waals surface area contributed by atoms with Crippen LogP contribution in [0.25, 0.3) is 6.08 Å². The van der Waals surface area contributed by atoms with Crippen LogP contribution in [0.2, 0.25) is 0 Å². The van der Waals surface area contributed by atoms with Crippen molar-refractivity contribution in [2.75, 3.05) is 5.75 Å². The van der Waals surface area contributed by atoms with Gasteiger partial charge in [-0.25, -0.2) is 0 Å². The first kappa shape index (κ1) is 22.2. The lowest BCUT2D eigenvalue weighted by atomic mass is 9.99. The molecule has 156 valence electrons. The first-order valence-electron chi connectivity index (χ1n) is 9.90. The number of carbonyl (C=O) groups excluding carboxylic acids is 2. The summed E-state index contributed by atoms with van der Waals surface area (Å²) in [6.07, 6.45) is 3.72. The summed E-state index contributed by atoms with van der Waals surface area (Å²) in [6.45, 7) is 3.14. The van der Waals surface area contributed by atoms with E-state index in [1.807, 2.05) is 54.6 Å². The maximum atomic E-state index is 13.4. The number of nitrogens with zero attached hydrogens (tertiary/aromatic N) is 1. The molecule has 0 radical (unpaired) electrons. The Labute approximate surface area is 187 Å². The molecule has 1 amide bonds. The molecular formula is C24H25NO3S2. The van der Waals surface area contributed by atoms with Crippen molar-refractivity contribution in [2.24, 2.45) is 5.92 Å². The molecule has 6 heteroatoms. The van der Waals surface area contributed by atoms with Crippen molar-refractivity contribution >= 4 is 46.3 Å². The largest absolute Gasteiger partial charge is 0.457 e. The highest BCUT2D eigenvalue weighted by molar-refractivity contribution is 8.23. The summed E-state index contributed by atoms with van der Waals surface area (Å²) >= 11 is 7.01. The van der Waals surface area contributed by atoms with Gasteiger partial charge in [0.2, 0.25) is 5.91 Å². The minimum atomic E-state index is -0.666. The monoisotopic (exact) mass is 439 g/mol. The van der Waals surface area contributed by atoms with Gasteiger partial charge in [-0.15, -0.1) is 0 Å². The van der Waals surface area contributed by atoms with Crippen LogP contribution >= 0.6 is 24.0 Å². The fourth-order valence-electron chi connectivity index (χ4n) is 3.40. The molecule has 0 aromatic heterocycles. The zero-order valence-electron chi connectivity index (χ0n) is 17.1. The lowest BCUT2D eigenvalue weighted by Gasteiger charge is -2.29. The molecule has 1 aliphatic rings. The second-order valence-electron chi connectivity index (χ2n) is 7.26. The SMILES string of the molecule is CC(=O)OC(/C=C/c1ccccc1)[C@H](C)C(=O)N1C(=S)SC[C@@H]1Cc1ccccc1. The normalized spacial score (nSPS) is 18.4. The lowest BCUT2D eigenvalue weighted by molar-refractivity contribution is -0.149. The number of esters is 1. The molecule has 4 nitrogen and oxygen atoms in total. The molecule has 0 saturated carbocycles. The van der Waals surface area contributed by atoms with Gasteiger partial charge in [-0.1, -0.05) is 90.7 Å². The molecule has 1 heterocycles. The van der Waals surface area contributed by atoms with Gasteiger partial charge in [0.25, 0.3) is 0 Å². The predicted molar refractivity (Wildman–Crippen MR) is 126 cm³/mol. The van der Waals surface area contributed by atoms with E-state index in [4.69, 9.17) is 17.0 Å². The van der Waals surface area contributed by atoms with E-state index in [0.29, 0.717) is 4.32 Å². The molecule has 3 atom stereocenters. The van der Waals surface area contributed by atoms with Crippen LogP contribution in [0.4, 0.5) is 0 Å². The van der Waals surface area contributed by atoms with E-state index in [1.165, 1.54) is 24.2 Å². The van der Waals surface area contributed by atoms with E-state index in [-0.39, 0.29) is 11.9 Å². The van der Waals surface area contributed by atoms with Crippen molar-refractivity contribution < 1.29 is 14.3 Å². The Kier molecular flexibility index (Phi) is 7.82. The molecule has 0 aliphatic carbocycles. The number of hydrogen-bond donors (Lipinski definition) is 0. The molecule has 0 N–H and O–H groups in total. The lowest BCUT2D eigenvalue weighted by Crippen LogP contribution is -2.45. The van der Waals surface area contributed by atoms with Crippen LogP contribution in [0.15, 0.2) is 66.7 Å². The van der Waals surface area contributed by atoms with E-state index in [2.05, 4.69) is 12.1 Å². The molecule has 30 heavy (non-hydrogen) atoms. The molecule has 1 saturated heterocycles. The highest BCUT2D eigenvalue weighted by Gasteiger charge is 2.38. The molecule has 1 unspecified atom stereocenters. The number of rotatable bonds is 7. The fourth-order valence-corrected chi connectivity index (χ4v) is 4.82. The van der Waals surface area contributed by atoms with Crippen LogP contribution in [-0.4, -0.2) is 39.0 Å². The standard InChI is InChI=1S/C24H25NO3S2/c1-17(22(28-18(2)26)14-13-19-9-5-3-6-10-19)23(27)25-21(16-30-24(25)29)15-20-11-7-4-8-12-20/h3-14,17,21-22H,15-16H2,1-2H3/b14-13+/t17-,21-,22?/m0/s1. The van der Waals surface area contributed by atoms with Crippen molar-refractivity contribution in [2.45, 2.75) is 32.4 Å². The van der Waals surface area contributed by atoms with Gasteiger partial charge in [0.1, 0.15) is 10.4 Å². The summed E-state index contributed by atoms with van der Waals surface area (Å²) in [5, 5.41) is 0. The Hall–Kier alpha value is -2.44. The average Bonchev–Trinajstić information content (AvgIpc) is 3.11. The van der Waals surface area contributed by atoms with E-state index >= 15 is 0 Å². The van der Waals surface area contributed by atoms with Gasteiger partial charge in [-0.2, -0.15) is 0 Å². The zero-order chi connectivity index (χ0) is 21.5. The van der Waals surface area contributed by atoms with Gasteiger partial charge >= 0.3 is 5.97 Å². The summed E-state index contributed by atoms with van der Waals surface area (Å²) in [5.74, 6) is -0.320. The molecule has 0 bridgehead atoms. The quantitative estimate of drug-likeness (QED) is 0.461. The van der Waals surface area contributed by atoms with Crippen LogP contribution in [-0.2, 0) is 20.7 Å². The van der Waals surface area contributed by atoms with E-state index in [0.717, 1.165) is 17.7 Å². The number of amides is 1. The van der Waals surface area contributed by atoms with Gasteiger partial charge < -0.3 is 4.74 Å². The first-order chi connectivity index (χ1) is 14.5. The topological polar surface area (TPSA) is 46.6 Å². The Balaban J connectivity index is 1.77. The van der Waals surface area contributed by atoms with E-state index in [1.54, 1.807) is 17.9 Å². The third-order valence-corrected chi connectivity index (χ3v) is 6.52. The minimum Gasteiger partial charge on any atom is -0.457 e. The number of thioether (sulfide) groups is 1. The maximum Gasteiger partial charge on any atom is 0.303 e. The van der Waals surface area contributed by atoms with E-state index in [9.17, 15) is 9.59 Å².